The van der Waals surface area contributed by atoms with Crippen molar-refractivity contribution in [3.8, 4) is 11.8 Å². The quantitative estimate of drug-likeness (QED) is 0.529. The summed E-state index contributed by atoms with van der Waals surface area (Å²) in [6.45, 7) is 0.308. The molecule has 0 aromatic heterocycles. The average molecular weight is 404 g/mol. The molecule has 0 spiro atoms. The molecule has 0 radical (unpaired) electrons. The van der Waals surface area contributed by atoms with Crippen LogP contribution in [0.2, 0.25) is 0 Å². The SMILES string of the molecule is N#C/C(=C/c1ccc(OCc2ccc(C(=O)O)cc2)cc1)C(=O)NC1CCCCC1. The van der Waals surface area contributed by atoms with Crippen molar-refractivity contribution < 1.29 is 19.4 Å². The monoisotopic (exact) mass is 404 g/mol. The number of carboxylic acids is 1. The number of nitrogens with one attached hydrogen (secondary N) is 1. The summed E-state index contributed by atoms with van der Waals surface area (Å²) in [7, 11) is 0. The minimum absolute atomic E-state index is 0.0905. The summed E-state index contributed by atoms with van der Waals surface area (Å²) in [4.78, 5) is 23.3. The molecule has 0 bridgehead atoms. The standard InChI is InChI=1S/C24H24N2O4/c25-15-20(23(27)26-21-4-2-1-3-5-21)14-17-8-12-22(13-9-17)30-16-18-6-10-19(11-7-18)24(28)29/h6-14,21H,1-5,16H2,(H,26,27)(H,28,29)/b20-14-. The maximum Gasteiger partial charge on any atom is 0.335 e. The molecule has 6 heteroatoms. The lowest BCUT2D eigenvalue weighted by atomic mass is 9.95. The lowest BCUT2D eigenvalue weighted by Crippen LogP contribution is -2.36. The Morgan fingerprint density at radius 3 is 2.33 bits per heavy atom. The van der Waals surface area contributed by atoms with Gasteiger partial charge in [-0.05, 0) is 54.3 Å². The molecule has 3 rings (SSSR count). The Balaban J connectivity index is 1.57. The zero-order valence-electron chi connectivity index (χ0n) is 16.6. The summed E-state index contributed by atoms with van der Waals surface area (Å²) in [6.07, 6.45) is 6.94. The van der Waals surface area contributed by atoms with E-state index in [9.17, 15) is 14.9 Å². The number of carbonyl (C=O) groups excluding carboxylic acids is 1. The van der Waals surface area contributed by atoms with Crippen LogP contribution in [0.15, 0.2) is 54.1 Å². The van der Waals surface area contributed by atoms with Gasteiger partial charge in [-0.3, -0.25) is 4.79 Å². The zero-order valence-corrected chi connectivity index (χ0v) is 16.6. The van der Waals surface area contributed by atoms with Gasteiger partial charge in [0.05, 0.1) is 5.56 Å². The minimum Gasteiger partial charge on any atom is -0.489 e. The van der Waals surface area contributed by atoms with Crippen LogP contribution >= 0.6 is 0 Å². The van der Waals surface area contributed by atoms with Gasteiger partial charge in [-0.15, -0.1) is 0 Å². The highest BCUT2D eigenvalue weighted by molar-refractivity contribution is 6.01. The highest BCUT2D eigenvalue weighted by Crippen LogP contribution is 2.19. The normalized spacial score (nSPS) is 14.6. The van der Waals surface area contributed by atoms with E-state index in [1.807, 2.05) is 6.07 Å². The number of amides is 1. The van der Waals surface area contributed by atoms with Gasteiger partial charge in [0.2, 0.25) is 0 Å². The van der Waals surface area contributed by atoms with Crippen molar-refractivity contribution in [1.82, 2.24) is 5.32 Å². The summed E-state index contributed by atoms with van der Waals surface area (Å²) >= 11 is 0. The Bertz CT molecular complexity index is 950. The smallest absolute Gasteiger partial charge is 0.335 e. The molecule has 30 heavy (non-hydrogen) atoms. The van der Waals surface area contributed by atoms with Gasteiger partial charge in [-0.2, -0.15) is 5.26 Å². The van der Waals surface area contributed by atoms with Gasteiger partial charge in [-0.25, -0.2) is 4.79 Å². The van der Waals surface area contributed by atoms with Crippen LogP contribution in [0, 0.1) is 11.3 Å². The number of hydrogen-bond acceptors (Lipinski definition) is 4. The largest absolute Gasteiger partial charge is 0.489 e. The highest BCUT2D eigenvalue weighted by atomic mass is 16.5. The fourth-order valence-corrected chi connectivity index (χ4v) is 3.40. The minimum atomic E-state index is -0.963. The van der Waals surface area contributed by atoms with Crippen molar-refractivity contribution >= 4 is 18.0 Å². The first-order valence-corrected chi connectivity index (χ1v) is 10.0. The summed E-state index contributed by atoms with van der Waals surface area (Å²) in [5.41, 5.74) is 1.92. The maximum atomic E-state index is 12.4. The molecule has 1 fully saturated rings. The number of nitrogens with zero attached hydrogens (tertiary/aromatic N) is 1. The van der Waals surface area contributed by atoms with Gasteiger partial charge in [0.25, 0.3) is 5.91 Å². The third-order valence-corrected chi connectivity index (χ3v) is 5.10. The highest BCUT2D eigenvalue weighted by Gasteiger charge is 2.18. The Hall–Kier alpha value is -3.59. The number of nitriles is 1. The number of benzene rings is 2. The van der Waals surface area contributed by atoms with Crippen molar-refractivity contribution in [2.24, 2.45) is 0 Å². The molecule has 1 amide bonds. The first kappa shape index (κ1) is 21.1. The van der Waals surface area contributed by atoms with Crippen molar-refractivity contribution in [1.29, 1.82) is 5.26 Å². The van der Waals surface area contributed by atoms with E-state index >= 15 is 0 Å². The second-order valence-corrected chi connectivity index (χ2v) is 7.34. The average Bonchev–Trinajstić information content (AvgIpc) is 2.77. The molecule has 2 aromatic rings. The van der Waals surface area contributed by atoms with Crippen molar-refractivity contribution in [2.45, 2.75) is 44.8 Å². The van der Waals surface area contributed by atoms with E-state index < -0.39 is 5.97 Å². The molecule has 1 aliphatic rings. The lowest BCUT2D eigenvalue weighted by molar-refractivity contribution is -0.117. The van der Waals surface area contributed by atoms with Crippen LogP contribution in [0.25, 0.3) is 6.08 Å². The van der Waals surface area contributed by atoms with Gasteiger partial charge in [0.1, 0.15) is 24.0 Å². The van der Waals surface area contributed by atoms with Crippen LogP contribution in [-0.4, -0.2) is 23.0 Å². The molecule has 1 saturated carbocycles. The number of carbonyl (C=O) groups is 2. The first-order valence-electron chi connectivity index (χ1n) is 10.0. The summed E-state index contributed by atoms with van der Waals surface area (Å²) in [5.74, 6) is -0.649. The van der Waals surface area contributed by atoms with Crippen LogP contribution in [0.3, 0.4) is 0 Å². The molecule has 1 aliphatic carbocycles. The van der Waals surface area contributed by atoms with Crippen molar-refractivity contribution in [3.05, 3.63) is 70.8 Å². The van der Waals surface area contributed by atoms with Gasteiger partial charge >= 0.3 is 5.97 Å². The Labute approximate surface area is 175 Å². The van der Waals surface area contributed by atoms with Gasteiger partial charge < -0.3 is 15.2 Å². The van der Waals surface area contributed by atoms with Crippen LogP contribution < -0.4 is 10.1 Å². The summed E-state index contributed by atoms with van der Waals surface area (Å²) < 4.78 is 5.71. The Kier molecular flexibility index (Phi) is 7.23. The topological polar surface area (TPSA) is 99.4 Å². The number of hydrogen-bond donors (Lipinski definition) is 2. The molecular formula is C24H24N2O4. The number of carboxylic acid groups (broad SMARTS) is 1. The second-order valence-electron chi connectivity index (χ2n) is 7.34. The summed E-state index contributed by atoms with van der Waals surface area (Å²) in [5, 5.41) is 21.3. The van der Waals surface area contributed by atoms with E-state index in [1.165, 1.54) is 18.6 Å². The molecule has 0 heterocycles. The molecule has 2 N–H and O–H groups in total. The third-order valence-electron chi connectivity index (χ3n) is 5.10. The molecule has 0 saturated heterocycles. The van der Waals surface area contributed by atoms with E-state index in [-0.39, 0.29) is 23.1 Å². The number of rotatable bonds is 7. The molecular weight excluding hydrogens is 380 g/mol. The van der Waals surface area contributed by atoms with E-state index in [4.69, 9.17) is 9.84 Å². The zero-order chi connectivity index (χ0) is 21.3. The Morgan fingerprint density at radius 1 is 1.07 bits per heavy atom. The van der Waals surface area contributed by atoms with Crippen LogP contribution in [0.5, 0.6) is 5.75 Å². The fourth-order valence-electron chi connectivity index (χ4n) is 3.40. The van der Waals surface area contributed by atoms with Gasteiger partial charge in [0, 0.05) is 6.04 Å². The first-order chi connectivity index (χ1) is 14.5. The van der Waals surface area contributed by atoms with Gasteiger partial charge in [0.15, 0.2) is 0 Å². The summed E-state index contributed by atoms with van der Waals surface area (Å²) in [6, 6.07) is 15.8. The molecule has 6 nitrogen and oxygen atoms in total. The van der Waals surface area contributed by atoms with Crippen molar-refractivity contribution in [2.75, 3.05) is 0 Å². The van der Waals surface area contributed by atoms with Crippen LogP contribution in [0.4, 0.5) is 0 Å². The van der Waals surface area contributed by atoms with Crippen LogP contribution in [-0.2, 0) is 11.4 Å². The molecule has 0 atom stereocenters. The Morgan fingerprint density at radius 2 is 1.73 bits per heavy atom. The predicted octanol–water partition coefficient (Wildman–Crippen LogP) is 4.32. The molecule has 0 aliphatic heterocycles. The number of aromatic carboxylic acids is 1. The number of ether oxygens (including phenoxy) is 1. The van der Waals surface area contributed by atoms with E-state index in [1.54, 1.807) is 42.5 Å². The van der Waals surface area contributed by atoms with Crippen molar-refractivity contribution in [3.63, 3.8) is 0 Å². The molecule has 0 unspecified atom stereocenters. The lowest BCUT2D eigenvalue weighted by Gasteiger charge is -2.22. The molecule has 154 valence electrons. The van der Waals surface area contributed by atoms with Crippen LogP contribution in [0.1, 0.15) is 53.6 Å². The maximum absolute atomic E-state index is 12.4. The predicted molar refractivity (Wildman–Crippen MR) is 113 cm³/mol. The van der Waals surface area contributed by atoms with E-state index in [0.717, 1.165) is 36.8 Å². The van der Waals surface area contributed by atoms with E-state index in [0.29, 0.717) is 12.4 Å². The third kappa shape index (κ3) is 5.95. The van der Waals surface area contributed by atoms with E-state index in [2.05, 4.69) is 5.32 Å². The van der Waals surface area contributed by atoms with Gasteiger partial charge in [-0.1, -0.05) is 43.5 Å². The molecule has 2 aromatic carbocycles. The fraction of sp³-hybridized carbons (Fsp3) is 0.292. The second kappa shape index (κ2) is 10.3.